The first-order valence-corrected chi connectivity index (χ1v) is 15.2. The van der Waals surface area contributed by atoms with Gasteiger partial charge in [-0.3, -0.25) is 0 Å². The van der Waals surface area contributed by atoms with Gasteiger partial charge >= 0.3 is 0 Å². The Morgan fingerprint density at radius 1 is 0.356 bits per heavy atom. The molecule has 1 heterocycles. The van der Waals surface area contributed by atoms with E-state index in [9.17, 15) is 5.26 Å². The Balaban J connectivity index is 1.72. The molecular weight excluding hydrogens is 544 g/mol. The number of aromatic nitrogens is 1. The highest BCUT2D eigenvalue weighted by atomic mass is 15.0. The predicted octanol–water partition coefficient (Wildman–Crippen LogP) is 11.3. The Morgan fingerprint density at radius 3 is 1.02 bits per heavy atom. The van der Waals surface area contributed by atoms with Crippen LogP contribution in [0.5, 0.6) is 0 Å². The molecule has 0 amide bonds. The minimum atomic E-state index is 0.662. The number of benzene rings is 7. The van der Waals surface area contributed by atoms with E-state index < -0.39 is 0 Å². The monoisotopic (exact) mass is 572 g/mol. The minimum absolute atomic E-state index is 0.662. The van der Waals surface area contributed by atoms with Gasteiger partial charge in [0.25, 0.3) is 0 Å². The van der Waals surface area contributed by atoms with Crippen LogP contribution in [0.2, 0.25) is 0 Å². The SMILES string of the molecule is N#Cc1c(-c2ccccc2)c(-c2ccccc2)c(-n2c3ccccc3c3ccccc32)c(-c2ccccc2)c1-c1ccccc1. The maximum atomic E-state index is 11.2. The summed E-state index contributed by atoms with van der Waals surface area (Å²) in [4.78, 5) is 0. The third-order valence-electron chi connectivity index (χ3n) is 8.64. The lowest BCUT2D eigenvalue weighted by Gasteiger charge is -2.27. The van der Waals surface area contributed by atoms with Crippen LogP contribution in [-0.2, 0) is 0 Å². The fourth-order valence-electron chi connectivity index (χ4n) is 6.79. The molecule has 1 aromatic heterocycles. The van der Waals surface area contributed by atoms with Gasteiger partial charge in [-0.2, -0.15) is 5.26 Å². The number of nitriles is 1. The van der Waals surface area contributed by atoms with Crippen LogP contribution in [-0.4, -0.2) is 4.57 Å². The van der Waals surface area contributed by atoms with Gasteiger partial charge in [-0.25, -0.2) is 0 Å². The quantitative estimate of drug-likeness (QED) is 0.202. The molecule has 0 radical (unpaired) electrons. The molecule has 0 unspecified atom stereocenters. The predicted molar refractivity (Wildman–Crippen MR) is 187 cm³/mol. The lowest BCUT2D eigenvalue weighted by atomic mass is 9.79. The van der Waals surface area contributed by atoms with Gasteiger partial charge < -0.3 is 4.57 Å². The molecule has 8 rings (SSSR count). The molecule has 0 saturated carbocycles. The third kappa shape index (κ3) is 4.34. The molecule has 0 aliphatic heterocycles. The largest absolute Gasteiger partial charge is 0.308 e. The van der Waals surface area contributed by atoms with E-state index in [1.807, 2.05) is 24.3 Å². The van der Waals surface area contributed by atoms with Crippen LogP contribution in [0, 0.1) is 11.3 Å². The molecule has 0 saturated heterocycles. The van der Waals surface area contributed by atoms with Gasteiger partial charge in [0, 0.05) is 33.0 Å². The van der Waals surface area contributed by atoms with E-state index in [-0.39, 0.29) is 0 Å². The van der Waals surface area contributed by atoms with Crippen molar-refractivity contribution >= 4 is 21.8 Å². The lowest BCUT2D eigenvalue weighted by molar-refractivity contribution is 1.18. The summed E-state index contributed by atoms with van der Waals surface area (Å²) in [7, 11) is 0. The summed E-state index contributed by atoms with van der Waals surface area (Å²) >= 11 is 0. The van der Waals surface area contributed by atoms with E-state index in [0.717, 1.165) is 61.2 Å². The van der Waals surface area contributed by atoms with Gasteiger partial charge in [-0.05, 0) is 34.4 Å². The van der Waals surface area contributed by atoms with E-state index in [1.54, 1.807) is 0 Å². The fraction of sp³-hybridized carbons (Fsp3) is 0. The van der Waals surface area contributed by atoms with Crippen molar-refractivity contribution in [1.82, 2.24) is 4.57 Å². The fourth-order valence-corrected chi connectivity index (χ4v) is 6.79. The number of nitrogens with zero attached hydrogens (tertiary/aromatic N) is 2. The molecule has 210 valence electrons. The summed E-state index contributed by atoms with van der Waals surface area (Å²) in [6, 6.07) is 61.8. The first-order valence-electron chi connectivity index (χ1n) is 15.2. The molecular formula is C43H28N2. The highest BCUT2D eigenvalue weighted by molar-refractivity contribution is 6.13. The van der Waals surface area contributed by atoms with Crippen LogP contribution in [0.1, 0.15) is 5.56 Å². The average Bonchev–Trinajstić information content (AvgIpc) is 3.46. The first-order chi connectivity index (χ1) is 22.3. The first kappa shape index (κ1) is 26.5. The summed E-state index contributed by atoms with van der Waals surface area (Å²) < 4.78 is 2.43. The van der Waals surface area contributed by atoms with Crippen molar-refractivity contribution in [2.24, 2.45) is 0 Å². The molecule has 0 N–H and O–H groups in total. The summed E-state index contributed by atoms with van der Waals surface area (Å²) in [5.74, 6) is 0. The summed E-state index contributed by atoms with van der Waals surface area (Å²) in [5.41, 5.74) is 12.0. The van der Waals surface area contributed by atoms with Crippen LogP contribution < -0.4 is 0 Å². The second-order valence-electron chi connectivity index (χ2n) is 11.2. The van der Waals surface area contributed by atoms with Gasteiger partial charge in [0.05, 0.1) is 22.3 Å². The normalized spacial score (nSPS) is 11.1. The molecule has 2 nitrogen and oxygen atoms in total. The molecule has 0 spiro atoms. The second kappa shape index (κ2) is 11.2. The van der Waals surface area contributed by atoms with Gasteiger partial charge in [-0.15, -0.1) is 0 Å². The van der Waals surface area contributed by atoms with E-state index in [4.69, 9.17) is 0 Å². The molecule has 2 heteroatoms. The van der Waals surface area contributed by atoms with Gasteiger partial charge in [0.15, 0.2) is 0 Å². The highest BCUT2D eigenvalue weighted by Crippen LogP contribution is 2.52. The van der Waals surface area contributed by atoms with Crippen molar-refractivity contribution in [3.8, 4) is 56.3 Å². The highest BCUT2D eigenvalue weighted by Gasteiger charge is 2.30. The van der Waals surface area contributed by atoms with Crippen molar-refractivity contribution in [2.75, 3.05) is 0 Å². The minimum Gasteiger partial charge on any atom is -0.308 e. The number of hydrogen-bond acceptors (Lipinski definition) is 1. The second-order valence-corrected chi connectivity index (χ2v) is 11.2. The van der Waals surface area contributed by atoms with E-state index in [1.165, 1.54) is 10.8 Å². The number of fused-ring (bicyclic) bond motifs is 3. The molecule has 7 aromatic carbocycles. The third-order valence-corrected chi connectivity index (χ3v) is 8.64. The van der Waals surface area contributed by atoms with Crippen molar-refractivity contribution in [2.45, 2.75) is 0 Å². The van der Waals surface area contributed by atoms with Crippen LogP contribution in [0.4, 0.5) is 0 Å². The Kier molecular flexibility index (Phi) is 6.56. The smallest absolute Gasteiger partial charge is 0.100 e. The zero-order valence-electron chi connectivity index (χ0n) is 24.6. The Hall–Kier alpha value is -6.17. The van der Waals surface area contributed by atoms with Crippen LogP contribution in [0.25, 0.3) is 72.0 Å². The Labute approximate surface area is 262 Å². The van der Waals surface area contributed by atoms with E-state index in [0.29, 0.717) is 5.56 Å². The van der Waals surface area contributed by atoms with Crippen LogP contribution in [0.15, 0.2) is 170 Å². The molecule has 0 atom stereocenters. The van der Waals surface area contributed by atoms with Gasteiger partial charge in [0.2, 0.25) is 0 Å². The van der Waals surface area contributed by atoms with E-state index >= 15 is 0 Å². The Bertz CT molecular complexity index is 2190. The van der Waals surface area contributed by atoms with Crippen molar-refractivity contribution in [1.29, 1.82) is 5.26 Å². The van der Waals surface area contributed by atoms with Crippen molar-refractivity contribution in [3.05, 3.63) is 175 Å². The molecule has 45 heavy (non-hydrogen) atoms. The van der Waals surface area contributed by atoms with Crippen LogP contribution >= 0.6 is 0 Å². The standard InChI is InChI=1S/C43H28N2/c44-29-36-39(30-17-5-1-6-18-30)41(32-21-9-3-10-22-32)43(45-37-27-15-13-25-34(37)35-26-14-16-28-38(35)45)42(33-23-11-4-12-24-33)40(36)31-19-7-2-8-20-31/h1-28H. The molecule has 8 aromatic rings. The zero-order valence-corrected chi connectivity index (χ0v) is 24.6. The van der Waals surface area contributed by atoms with Crippen molar-refractivity contribution < 1.29 is 0 Å². The van der Waals surface area contributed by atoms with E-state index in [2.05, 4.69) is 156 Å². The molecule has 0 aliphatic carbocycles. The number of para-hydroxylation sites is 2. The molecule has 0 bridgehead atoms. The Morgan fingerprint density at radius 2 is 0.667 bits per heavy atom. The topological polar surface area (TPSA) is 28.7 Å². The van der Waals surface area contributed by atoms with Crippen LogP contribution in [0.3, 0.4) is 0 Å². The maximum absolute atomic E-state index is 11.2. The summed E-state index contributed by atoms with van der Waals surface area (Å²) in [5, 5.41) is 13.6. The average molecular weight is 573 g/mol. The lowest BCUT2D eigenvalue weighted by Crippen LogP contribution is -2.07. The van der Waals surface area contributed by atoms with Gasteiger partial charge in [0.1, 0.15) is 6.07 Å². The summed E-state index contributed by atoms with van der Waals surface area (Å²) in [6.07, 6.45) is 0. The van der Waals surface area contributed by atoms with Crippen molar-refractivity contribution in [3.63, 3.8) is 0 Å². The maximum Gasteiger partial charge on any atom is 0.100 e. The molecule has 0 fully saturated rings. The van der Waals surface area contributed by atoms with Gasteiger partial charge in [-0.1, -0.05) is 158 Å². The number of hydrogen-bond donors (Lipinski definition) is 0. The molecule has 0 aliphatic rings. The zero-order chi connectivity index (χ0) is 30.2. The number of rotatable bonds is 5. The summed E-state index contributed by atoms with van der Waals surface area (Å²) in [6.45, 7) is 0.